The summed E-state index contributed by atoms with van der Waals surface area (Å²) in [5.74, 6) is 0.789. The van der Waals surface area contributed by atoms with Gasteiger partial charge in [-0.15, -0.1) is 0 Å². The summed E-state index contributed by atoms with van der Waals surface area (Å²) in [6, 6.07) is 5.71. The highest BCUT2D eigenvalue weighted by molar-refractivity contribution is 5.95. The lowest BCUT2D eigenvalue weighted by atomic mass is 10.1. The van der Waals surface area contributed by atoms with Gasteiger partial charge in [-0.3, -0.25) is 9.59 Å². The maximum absolute atomic E-state index is 12.1. The van der Waals surface area contributed by atoms with Crippen LogP contribution in [-0.4, -0.2) is 36.4 Å². The van der Waals surface area contributed by atoms with Crippen LogP contribution in [0.5, 0.6) is 5.75 Å². The van der Waals surface area contributed by atoms with Crippen LogP contribution in [0.4, 0.5) is 5.69 Å². The third kappa shape index (κ3) is 3.35. The van der Waals surface area contributed by atoms with Gasteiger partial charge < -0.3 is 15.0 Å². The zero-order valence-corrected chi connectivity index (χ0v) is 12.1. The van der Waals surface area contributed by atoms with Gasteiger partial charge in [0.2, 0.25) is 5.91 Å². The molecule has 0 aliphatic carbocycles. The number of carbonyl (C=O) groups excluding carboxylic acids is 2. The zero-order valence-electron chi connectivity index (χ0n) is 12.1. The van der Waals surface area contributed by atoms with E-state index in [1.165, 1.54) is 6.42 Å². The van der Waals surface area contributed by atoms with Gasteiger partial charge in [0.1, 0.15) is 5.75 Å². The smallest absolute Gasteiger partial charge is 0.262 e. The molecule has 2 amide bonds. The maximum atomic E-state index is 12.1. The number of likely N-dealkylation sites (tertiary alicyclic amines) is 1. The fourth-order valence-corrected chi connectivity index (χ4v) is 2.84. The Morgan fingerprint density at radius 2 is 2.05 bits per heavy atom. The lowest BCUT2D eigenvalue weighted by Crippen LogP contribution is -2.35. The van der Waals surface area contributed by atoms with E-state index in [1.54, 1.807) is 0 Å². The first-order valence-electron chi connectivity index (χ1n) is 7.56. The fourth-order valence-electron chi connectivity index (χ4n) is 2.84. The molecule has 1 saturated heterocycles. The van der Waals surface area contributed by atoms with Gasteiger partial charge in [0.15, 0.2) is 6.61 Å². The summed E-state index contributed by atoms with van der Waals surface area (Å²) in [6.07, 6.45) is 4.68. The van der Waals surface area contributed by atoms with Crippen molar-refractivity contribution in [2.45, 2.75) is 32.1 Å². The summed E-state index contributed by atoms with van der Waals surface area (Å²) < 4.78 is 5.32. The van der Waals surface area contributed by atoms with Crippen LogP contribution in [0.3, 0.4) is 0 Å². The second-order valence-corrected chi connectivity index (χ2v) is 5.61. The van der Waals surface area contributed by atoms with E-state index in [0.29, 0.717) is 24.3 Å². The van der Waals surface area contributed by atoms with E-state index in [-0.39, 0.29) is 18.4 Å². The monoisotopic (exact) mass is 288 g/mol. The molecule has 0 radical (unpaired) electrons. The van der Waals surface area contributed by atoms with Crippen molar-refractivity contribution in [3.05, 3.63) is 23.8 Å². The Bertz CT molecular complexity index is 550. The Labute approximate surface area is 124 Å². The Balaban J connectivity index is 1.59. The first-order chi connectivity index (χ1) is 10.2. The van der Waals surface area contributed by atoms with Crippen molar-refractivity contribution < 1.29 is 14.3 Å². The second kappa shape index (κ2) is 6.16. The molecule has 112 valence electrons. The minimum Gasteiger partial charge on any atom is -0.482 e. The third-order valence-corrected chi connectivity index (χ3v) is 4.01. The summed E-state index contributed by atoms with van der Waals surface area (Å²) >= 11 is 0. The van der Waals surface area contributed by atoms with Crippen molar-refractivity contribution in [2.24, 2.45) is 0 Å². The predicted molar refractivity (Wildman–Crippen MR) is 79.3 cm³/mol. The molecule has 0 atom stereocenters. The number of benzene rings is 1. The highest BCUT2D eigenvalue weighted by Crippen LogP contribution is 2.28. The molecule has 0 aromatic heterocycles. The van der Waals surface area contributed by atoms with E-state index >= 15 is 0 Å². The molecule has 21 heavy (non-hydrogen) atoms. The van der Waals surface area contributed by atoms with E-state index in [9.17, 15) is 9.59 Å². The number of amides is 2. The van der Waals surface area contributed by atoms with Gasteiger partial charge in [-0.25, -0.2) is 0 Å². The summed E-state index contributed by atoms with van der Waals surface area (Å²) in [7, 11) is 0. The molecule has 1 N–H and O–H groups in total. The molecule has 0 unspecified atom stereocenters. The number of aryl methyl sites for hydroxylation is 1. The summed E-state index contributed by atoms with van der Waals surface area (Å²) in [5.41, 5.74) is 1.75. The van der Waals surface area contributed by atoms with Gasteiger partial charge in [-0.1, -0.05) is 6.07 Å². The topological polar surface area (TPSA) is 58.6 Å². The Kier molecular flexibility index (Phi) is 4.08. The minimum absolute atomic E-state index is 0.0692. The Hall–Kier alpha value is -2.04. The van der Waals surface area contributed by atoms with Gasteiger partial charge in [0, 0.05) is 19.5 Å². The van der Waals surface area contributed by atoms with Crippen molar-refractivity contribution in [1.82, 2.24) is 4.90 Å². The second-order valence-electron chi connectivity index (χ2n) is 5.61. The zero-order chi connectivity index (χ0) is 14.7. The third-order valence-electron chi connectivity index (χ3n) is 4.01. The first kappa shape index (κ1) is 13.9. The number of fused-ring (bicyclic) bond motifs is 1. The van der Waals surface area contributed by atoms with Crippen molar-refractivity contribution in [3.8, 4) is 5.75 Å². The number of rotatable bonds is 3. The minimum atomic E-state index is -0.135. The molecule has 2 aliphatic heterocycles. The standard InChI is InChI=1S/C16H20N2O3/c19-15-11-21-14-6-4-12(10-13(14)17-15)5-7-16(20)18-8-2-1-3-9-18/h4,6,10H,1-3,5,7-9,11H2,(H,17,19). The molecule has 5 heteroatoms. The average molecular weight is 288 g/mol. The van der Waals surface area contributed by atoms with Crippen molar-refractivity contribution in [1.29, 1.82) is 0 Å². The Morgan fingerprint density at radius 1 is 1.24 bits per heavy atom. The van der Waals surface area contributed by atoms with Gasteiger partial charge in [-0.2, -0.15) is 0 Å². The van der Waals surface area contributed by atoms with Crippen LogP contribution in [-0.2, 0) is 16.0 Å². The van der Waals surface area contributed by atoms with E-state index in [0.717, 1.165) is 31.5 Å². The molecule has 2 heterocycles. The highest BCUT2D eigenvalue weighted by Gasteiger charge is 2.18. The summed E-state index contributed by atoms with van der Waals surface area (Å²) in [6.45, 7) is 1.86. The van der Waals surface area contributed by atoms with Crippen molar-refractivity contribution >= 4 is 17.5 Å². The van der Waals surface area contributed by atoms with Crippen LogP contribution >= 0.6 is 0 Å². The number of carbonyl (C=O) groups is 2. The molecule has 1 aromatic carbocycles. The molecule has 5 nitrogen and oxygen atoms in total. The molecular weight excluding hydrogens is 268 g/mol. The van der Waals surface area contributed by atoms with E-state index in [4.69, 9.17) is 4.74 Å². The highest BCUT2D eigenvalue weighted by atomic mass is 16.5. The normalized spacial score (nSPS) is 17.7. The van der Waals surface area contributed by atoms with Gasteiger partial charge in [0.25, 0.3) is 5.91 Å². The number of anilines is 1. The molecule has 1 aromatic rings. The Morgan fingerprint density at radius 3 is 2.86 bits per heavy atom. The number of piperidine rings is 1. The predicted octanol–water partition coefficient (Wildman–Crippen LogP) is 1.96. The van der Waals surface area contributed by atoms with Crippen LogP contribution < -0.4 is 10.1 Å². The van der Waals surface area contributed by atoms with E-state index in [1.807, 2.05) is 23.1 Å². The van der Waals surface area contributed by atoms with Gasteiger partial charge >= 0.3 is 0 Å². The maximum Gasteiger partial charge on any atom is 0.262 e. The average Bonchev–Trinajstić information content (AvgIpc) is 2.53. The van der Waals surface area contributed by atoms with Gasteiger partial charge in [-0.05, 0) is 43.4 Å². The quantitative estimate of drug-likeness (QED) is 0.925. The SMILES string of the molecule is O=C1COc2ccc(CCC(=O)N3CCCCC3)cc2N1. The summed E-state index contributed by atoms with van der Waals surface area (Å²) in [4.78, 5) is 25.4. The van der Waals surface area contributed by atoms with Crippen LogP contribution in [0.1, 0.15) is 31.2 Å². The number of hydrogen-bond donors (Lipinski definition) is 1. The first-order valence-corrected chi connectivity index (χ1v) is 7.56. The number of nitrogens with zero attached hydrogens (tertiary/aromatic N) is 1. The summed E-state index contributed by atoms with van der Waals surface area (Å²) in [5, 5.41) is 2.79. The van der Waals surface area contributed by atoms with Crippen LogP contribution in [0.15, 0.2) is 18.2 Å². The lowest BCUT2D eigenvalue weighted by molar-refractivity contribution is -0.132. The van der Waals surface area contributed by atoms with Crippen molar-refractivity contribution in [2.75, 3.05) is 25.0 Å². The fraction of sp³-hybridized carbons (Fsp3) is 0.500. The number of ether oxygens (including phenoxy) is 1. The van der Waals surface area contributed by atoms with Crippen LogP contribution in [0, 0.1) is 0 Å². The van der Waals surface area contributed by atoms with Gasteiger partial charge in [0.05, 0.1) is 5.69 Å². The molecular formula is C16H20N2O3. The van der Waals surface area contributed by atoms with Crippen LogP contribution in [0.2, 0.25) is 0 Å². The molecule has 0 spiro atoms. The number of hydrogen-bond acceptors (Lipinski definition) is 3. The molecule has 1 fully saturated rings. The van der Waals surface area contributed by atoms with E-state index < -0.39 is 0 Å². The lowest BCUT2D eigenvalue weighted by Gasteiger charge is -2.26. The van der Waals surface area contributed by atoms with Crippen molar-refractivity contribution in [3.63, 3.8) is 0 Å². The largest absolute Gasteiger partial charge is 0.482 e. The molecule has 0 saturated carbocycles. The van der Waals surface area contributed by atoms with E-state index in [2.05, 4.69) is 5.32 Å². The molecule has 3 rings (SSSR count). The number of nitrogens with one attached hydrogen (secondary N) is 1. The van der Waals surface area contributed by atoms with Crippen LogP contribution in [0.25, 0.3) is 0 Å². The molecule has 2 aliphatic rings. The molecule has 0 bridgehead atoms.